The number of rotatable bonds is 7. The molecule has 6 nitrogen and oxygen atoms in total. The minimum atomic E-state index is -0.234. The molecule has 3 aromatic rings. The zero-order chi connectivity index (χ0) is 19.2. The highest BCUT2D eigenvalue weighted by molar-refractivity contribution is 5.96. The van der Waals surface area contributed by atoms with Gasteiger partial charge in [-0.1, -0.05) is 38.1 Å². The van der Waals surface area contributed by atoms with Gasteiger partial charge in [0.05, 0.1) is 5.56 Å². The Morgan fingerprint density at radius 1 is 1.11 bits per heavy atom. The average Bonchev–Trinajstić information content (AvgIpc) is 3.20. The van der Waals surface area contributed by atoms with E-state index in [4.69, 9.17) is 0 Å². The molecule has 0 aliphatic carbocycles. The summed E-state index contributed by atoms with van der Waals surface area (Å²) in [5, 5.41) is 7.85. The van der Waals surface area contributed by atoms with Crippen LogP contribution in [0.4, 0.5) is 0 Å². The number of amides is 2. The third-order valence-corrected chi connectivity index (χ3v) is 4.32. The molecular weight excluding hydrogens is 340 g/mol. The van der Waals surface area contributed by atoms with Crippen LogP contribution in [0.3, 0.4) is 0 Å². The normalized spacial score (nSPS) is 12.1. The predicted molar refractivity (Wildman–Crippen MR) is 106 cm³/mol. The number of aromatic nitrogens is 2. The van der Waals surface area contributed by atoms with Gasteiger partial charge in [0.15, 0.2) is 0 Å². The van der Waals surface area contributed by atoms with Crippen molar-refractivity contribution >= 4 is 22.6 Å². The molecule has 0 saturated carbocycles. The van der Waals surface area contributed by atoms with Crippen molar-refractivity contribution in [2.24, 2.45) is 5.92 Å². The summed E-state index contributed by atoms with van der Waals surface area (Å²) in [6.07, 6.45) is 5.81. The van der Waals surface area contributed by atoms with E-state index < -0.39 is 0 Å². The lowest BCUT2D eigenvalue weighted by Crippen LogP contribution is -2.44. The molecular formula is C21H24N4O2. The molecule has 1 unspecified atom stereocenters. The molecule has 0 aliphatic rings. The monoisotopic (exact) mass is 364 g/mol. The molecule has 0 spiro atoms. The number of hydrogen-bond donors (Lipinski definition) is 3. The Hall–Kier alpha value is -3.15. The summed E-state index contributed by atoms with van der Waals surface area (Å²) in [7, 11) is 0. The van der Waals surface area contributed by atoms with E-state index in [1.165, 1.54) is 0 Å². The van der Waals surface area contributed by atoms with Gasteiger partial charge in [-0.25, -0.2) is 0 Å². The standard InChI is InChI=1S/C21H24N4O2/c1-14(2)9-18(13-24-20(26)17-7-8-22-11-17)25-21(27)19-10-15-5-3-4-6-16(15)12-23-19/h3-8,10-12,14,18,22H,9,13H2,1-2H3,(H,24,26)(H,25,27). The van der Waals surface area contributed by atoms with Crippen LogP contribution in [0, 0.1) is 5.92 Å². The molecule has 140 valence electrons. The number of aromatic amines is 1. The van der Waals surface area contributed by atoms with Gasteiger partial charge < -0.3 is 15.6 Å². The molecule has 2 amide bonds. The van der Waals surface area contributed by atoms with Crippen LogP contribution in [-0.4, -0.2) is 34.4 Å². The smallest absolute Gasteiger partial charge is 0.270 e. The van der Waals surface area contributed by atoms with E-state index in [9.17, 15) is 9.59 Å². The Bertz CT molecular complexity index is 919. The molecule has 2 heterocycles. The summed E-state index contributed by atoms with van der Waals surface area (Å²) in [5.74, 6) is -0.0191. The van der Waals surface area contributed by atoms with Crippen LogP contribution in [0.25, 0.3) is 10.8 Å². The number of carbonyl (C=O) groups excluding carboxylic acids is 2. The Kier molecular flexibility index (Phi) is 5.86. The van der Waals surface area contributed by atoms with Gasteiger partial charge in [0.2, 0.25) is 0 Å². The zero-order valence-corrected chi connectivity index (χ0v) is 15.5. The first-order valence-corrected chi connectivity index (χ1v) is 9.09. The number of nitrogens with one attached hydrogen (secondary N) is 3. The maximum absolute atomic E-state index is 12.7. The van der Waals surface area contributed by atoms with Crippen LogP contribution < -0.4 is 10.6 Å². The lowest BCUT2D eigenvalue weighted by Gasteiger charge is -2.21. The zero-order valence-electron chi connectivity index (χ0n) is 15.5. The number of fused-ring (bicyclic) bond motifs is 1. The molecule has 0 radical (unpaired) electrons. The van der Waals surface area contributed by atoms with Crippen LogP contribution >= 0.6 is 0 Å². The van der Waals surface area contributed by atoms with Gasteiger partial charge in [0, 0.05) is 36.6 Å². The Morgan fingerprint density at radius 2 is 1.89 bits per heavy atom. The van der Waals surface area contributed by atoms with E-state index in [0.717, 1.165) is 17.2 Å². The SMILES string of the molecule is CC(C)CC(CNC(=O)c1cc[nH]c1)NC(=O)c1cc2ccccc2cn1. The van der Waals surface area contributed by atoms with Crippen molar-refractivity contribution in [1.29, 1.82) is 0 Å². The number of pyridine rings is 1. The molecule has 1 atom stereocenters. The Labute approximate surface area is 158 Å². The van der Waals surface area contributed by atoms with Gasteiger partial charge in [0.1, 0.15) is 5.69 Å². The van der Waals surface area contributed by atoms with Crippen molar-refractivity contribution in [1.82, 2.24) is 20.6 Å². The first-order valence-electron chi connectivity index (χ1n) is 9.09. The number of carbonyl (C=O) groups is 2. The lowest BCUT2D eigenvalue weighted by molar-refractivity contribution is 0.0900. The Balaban J connectivity index is 1.66. The summed E-state index contributed by atoms with van der Waals surface area (Å²) in [6.45, 7) is 4.53. The van der Waals surface area contributed by atoms with Crippen LogP contribution in [0.5, 0.6) is 0 Å². The topological polar surface area (TPSA) is 86.9 Å². The molecule has 27 heavy (non-hydrogen) atoms. The summed E-state index contributed by atoms with van der Waals surface area (Å²) in [4.78, 5) is 31.9. The highest BCUT2D eigenvalue weighted by atomic mass is 16.2. The first-order chi connectivity index (χ1) is 13.0. The summed E-state index contributed by atoms with van der Waals surface area (Å²) in [6, 6.07) is 11.1. The molecule has 6 heteroatoms. The van der Waals surface area contributed by atoms with Crippen molar-refractivity contribution < 1.29 is 9.59 Å². The van der Waals surface area contributed by atoms with Crippen LogP contribution in [0.2, 0.25) is 0 Å². The minimum absolute atomic E-state index is 0.164. The fourth-order valence-corrected chi connectivity index (χ4v) is 3.01. The third kappa shape index (κ3) is 4.94. The highest BCUT2D eigenvalue weighted by Gasteiger charge is 2.18. The van der Waals surface area contributed by atoms with Crippen molar-refractivity contribution in [3.63, 3.8) is 0 Å². The fourth-order valence-electron chi connectivity index (χ4n) is 3.01. The van der Waals surface area contributed by atoms with Gasteiger partial charge in [-0.2, -0.15) is 0 Å². The second-order valence-electron chi connectivity index (χ2n) is 7.03. The molecule has 0 saturated heterocycles. The van der Waals surface area contributed by atoms with Gasteiger partial charge in [-0.15, -0.1) is 0 Å². The summed E-state index contributed by atoms with van der Waals surface area (Å²) >= 11 is 0. The largest absolute Gasteiger partial charge is 0.367 e. The van der Waals surface area contributed by atoms with Gasteiger partial charge in [0.25, 0.3) is 11.8 Å². The van der Waals surface area contributed by atoms with Crippen LogP contribution in [0.1, 0.15) is 41.1 Å². The van der Waals surface area contributed by atoms with Crippen LogP contribution in [-0.2, 0) is 0 Å². The van der Waals surface area contributed by atoms with Crippen molar-refractivity contribution in [3.05, 3.63) is 66.2 Å². The van der Waals surface area contributed by atoms with E-state index in [2.05, 4.69) is 34.4 Å². The average molecular weight is 364 g/mol. The van der Waals surface area contributed by atoms with Gasteiger partial charge in [-0.3, -0.25) is 14.6 Å². The molecule has 3 rings (SSSR count). The quantitative estimate of drug-likeness (QED) is 0.602. The second-order valence-corrected chi connectivity index (χ2v) is 7.03. The number of nitrogens with zero attached hydrogens (tertiary/aromatic N) is 1. The minimum Gasteiger partial charge on any atom is -0.367 e. The summed E-state index contributed by atoms with van der Waals surface area (Å²) in [5.41, 5.74) is 0.945. The molecule has 0 aliphatic heterocycles. The van der Waals surface area contributed by atoms with E-state index in [1.807, 2.05) is 24.3 Å². The van der Waals surface area contributed by atoms with E-state index in [1.54, 1.807) is 30.7 Å². The maximum atomic E-state index is 12.7. The van der Waals surface area contributed by atoms with Crippen molar-refractivity contribution in [2.75, 3.05) is 6.54 Å². The molecule has 1 aromatic carbocycles. The molecule has 3 N–H and O–H groups in total. The summed E-state index contributed by atoms with van der Waals surface area (Å²) < 4.78 is 0. The molecule has 2 aromatic heterocycles. The van der Waals surface area contributed by atoms with Crippen LogP contribution in [0.15, 0.2) is 55.0 Å². The second kappa shape index (κ2) is 8.49. The number of benzene rings is 1. The van der Waals surface area contributed by atoms with E-state index >= 15 is 0 Å². The predicted octanol–water partition coefficient (Wildman–Crippen LogP) is 3.14. The number of hydrogen-bond acceptors (Lipinski definition) is 3. The Morgan fingerprint density at radius 3 is 2.59 bits per heavy atom. The van der Waals surface area contributed by atoms with Crippen molar-refractivity contribution in [2.45, 2.75) is 26.3 Å². The lowest BCUT2D eigenvalue weighted by atomic mass is 10.0. The van der Waals surface area contributed by atoms with Gasteiger partial charge in [-0.05, 0) is 29.9 Å². The van der Waals surface area contributed by atoms with E-state index in [-0.39, 0.29) is 17.9 Å². The first kappa shape index (κ1) is 18.6. The highest BCUT2D eigenvalue weighted by Crippen LogP contribution is 2.14. The third-order valence-electron chi connectivity index (χ3n) is 4.32. The maximum Gasteiger partial charge on any atom is 0.270 e. The van der Waals surface area contributed by atoms with Gasteiger partial charge >= 0.3 is 0 Å². The number of H-pyrrole nitrogens is 1. The van der Waals surface area contributed by atoms with Crippen molar-refractivity contribution in [3.8, 4) is 0 Å². The molecule has 0 bridgehead atoms. The fraction of sp³-hybridized carbons (Fsp3) is 0.286. The van der Waals surface area contributed by atoms with E-state index in [0.29, 0.717) is 23.7 Å². The molecule has 0 fully saturated rings.